The van der Waals surface area contributed by atoms with Crippen molar-refractivity contribution in [1.82, 2.24) is 0 Å². The number of ether oxygens (including phenoxy) is 2. The molecule has 2 aliphatic carbocycles. The van der Waals surface area contributed by atoms with Gasteiger partial charge in [0.15, 0.2) is 11.5 Å². The number of methoxy groups -OCH3 is 1. The summed E-state index contributed by atoms with van der Waals surface area (Å²) < 4.78 is 10.8. The molecule has 0 aliphatic heterocycles. The summed E-state index contributed by atoms with van der Waals surface area (Å²) in [6, 6.07) is 10.3. The Kier molecular flexibility index (Phi) is 5.39. The first-order chi connectivity index (χ1) is 14.2. The third-order valence-electron chi connectivity index (χ3n) is 5.57. The Morgan fingerprint density at radius 3 is 2.17 bits per heavy atom. The number of nitrogens with one attached hydrogen (secondary N) is 1. The van der Waals surface area contributed by atoms with E-state index in [0.29, 0.717) is 24.1 Å². The van der Waals surface area contributed by atoms with Crippen molar-refractivity contribution < 1.29 is 19.4 Å². The van der Waals surface area contributed by atoms with E-state index in [-0.39, 0.29) is 17.1 Å². The molecule has 0 saturated heterocycles. The van der Waals surface area contributed by atoms with Crippen LogP contribution in [-0.2, 0) is 11.3 Å². The predicted octanol–water partition coefficient (Wildman–Crippen LogP) is 5.72. The molecule has 2 aromatic carbocycles. The average molecular weight is 410 g/mol. The van der Waals surface area contributed by atoms with Crippen molar-refractivity contribution in [2.45, 2.75) is 70.4 Å². The first kappa shape index (κ1) is 20.6. The molecule has 160 valence electrons. The Morgan fingerprint density at radius 2 is 1.67 bits per heavy atom. The Morgan fingerprint density at radius 1 is 1.07 bits per heavy atom. The van der Waals surface area contributed by atoms with Crippen LogP contribution >= 0.6 is 0 Å². The molecular formula is C25H31NO4. The molecule has 0 heterocycles. The lowest BCUT2D eigenvalue weighted by Gasteiger charge is -2.21. The van der Waals surface area contributed by atoms with Gasteiger partial charge in [0.05, 0.1) is 12.8 Å². The van der Waals surface area contributed by atoms with Gasteiger partial charge in [0.2, 0.25) is 0 Å². The van der Waals surface area contributed by atoms with Gasteiger partial charge >= 0.3 is 5.97 Å². The maximum absolute atomic E-state index is 12.4. The standard InChI is InChI=1S/C25H31NO4/c1-25(2,3)30-24(28)20-9-10-21(23(29-4)22(20)27)26-14-15-11-18(16-5-6-16)13-19(12-15)17-7-8-17/h9-13,16-17,26-27H,5-8,14H2,1-4H3. The largest absolute Gasteiger partial charge is 0.504 e. The summed E-state index contributed by atoms with van der Waals surface area (Å²) in [7, 11) is 1.48. The van der Waals surface area contributed by atoms with Crippen molar-refractivity contribution in [2.24, 2.45) is 0 Å². The maximum Gasteiger partial charge on any atom is 0.342 e. The molecule has 0 radical (unpaired) electrons. The average Bonchev–Trinajstić information content (AvgIpc) is 3.56. The Balaban J connectivity index is 1.53. The fourth-order valence-electron chi connectivity index (χ4n) is 3.76. The van der Waals surface area contributed by atoms with Crippen molar-refractivity contribution in [1.29, 1.82) is 0 Å². The lowest BCUT2D eigenvalue weighted by atomic mass is 10.00. The topological polar surface area (TPSA) is 67.8 Å². The van der Waals surface area contributed by atoms with Crippen LogP contribution in [0.1, 0.15) is 85.3 Å². The molecule has 0 bridgehead atoms. The van der Waals surface area contributed by atoms with E-state index in [0.717, 1.165) is 0 Å². The number of rotatable bonds is 7. The first-order valence-electron chi connectivity index (χ1n) is 10.8. The molecule has 5 nitrogen and oxygen atoms in total. The van der Waals surface area contributed by atoms with Gasteiger partial charge in [-0.15, -0.1) is 0 Å². The van der Waals surface area contributed by atoms with E-state index in [1.165, 1.54) is 49.5 Å². The smallest absolute Gasteiger partial charge is 0.342 e. The van der Waals surface area contributed by atoms with Crippen molar-refractivity contribution in [2.75, 3.05) is 12.4 Å². The minimum Gasteiger partial charge on any atom is -0.504 e. The number of esters is 1. The van der Waals surface area contributed by atoms with Crippen LogP contribution in [0.2, 0.25) is 0 Å². The van der Waals surface area contributed by atoms with Crippen LogP contribution < -0.4 is 10.1 Å². The number of hydrogen-bond donors (Lipinski definition) is 2. The molecule has 0 amide bonds. The summed E-state index contributed by atoms with van der Waals surface area (Å²) in [4.78, 5) is 12.4. The highest BCUT2D eigenvalue weighted by molar-refractivity contribution is 5.95. The molecule has 2 aliphatic rings. The van der Waals surface area contributed by atoms with Gasteiger partial charge in [-0.25, -0.2) is 4.79 Å². The monoisotopic (exact) mass is 409 g/mol. The van der Waals surface area contributed by atoms with Crippen LogP contribution in [0.3, 0.4) is 0 Å². The Hall–Kier alpha value is -2.69. The zero-order chi connectivity index (χ0) is 21.5. The number of hydrogen-bond acceptors (Lipinski definition) is 5. The van der Waals surface area contributed by atoms with E-state index < -0.39 is 11.6 Å². The van der Waals surface area contributed by atoms with Crippen molar-refractivity contribution >= 4 is 11.7 Å². The molecule has 0 unspecified atom stereocenters. The van der Waals surface area contributed by atoms with E-state index >= 15 is 0 Å². The Bertz CT molecular complexity index is 922. The van der Waals surface area contributed by atoms with E-state index in [1.807, 2.05) is 0 Å². The van der Waals surface area contributed by atoms with Gasteiger partial charge in [-0.2, -0.15) is 0 Å². The normalized spacial score (nSPS) is 16.3. The molecule has 2 saturated carbocycles. The molecule has 0 atom stereocenters. The number of carbonyl (C=O) groups excluding carboxylic acids is 1. The lowest BCUT2D eigenvalue weighted by Crippen LogP contribution is -2.24. The fourth-order valence-corrected chi connectivity index (χ4v) is 3.76. The number of aromatic hydroxyl groups is 1. The van der Waals surface area contributed by atoms with Crippen LogP contribution in [0.25, 0.3) is 0 Å². The highest BCUT2D eigenvalue weighted by Crippen LogP contribution is 2.45. The van der Waals surface area contributed by atoms with Gasteiger partial charge in [0.1, 0.15) is 11.2 Å². The second-order valence-electron chi connectivity index (χ2n) is 9.45. The number of benzene rings is 2. The molecule has 2 fully saturated rings. The molecule has 2 aromatic rings. The quantitative estimate of drug-likeness (QED) is 0.572. The highest BCUT2D eigenvalue weighted by Gasteiger charge is 2.28. The second-order valence-corrected chi connectivity index (χ2v) is 9.45. The van der Waals surface area contributed by atoms with Gasteiger partial charge < -0.3 is 19.9 Å². The van der Waals surface area contributed by atoms with E-state index in [1.54, 1.807) is 32.9 Å². The Labute approximate surface area is 178 Å². The maximum atomic E-state index is 12.4. The lowest BCUT2D eigenvalue weighted by molar-refractivity contribution is 0.00663. The summed E-state index contributed by atoms with van der Waals surface area (Å²) in [5.41, 5.74) is 4.24. The third kappa shape index (κ3) is 4.72. The fraction of sp³-hybridized carbons (Fsp3) is 0.480. The summed E-state index contributed by atoms with van der Waals surface area (Å²) in [6.45, 7) is 6.00. The summed E-state index contributed by atoms with van der Waals surface area (Å²) in [5.74, 6) is 0.903. The van der Waals surface area contributed by atoms with Crippen LogP contribution in [0.5, 0.6) is 11.5 Å². The second kappa shape index (κ2) is 7.86. The summed E-state index contributed by atoms with van der Waals surface area (Å²) in [5, 5.41) is 14.0. The van der Waals surface area contributed by atoms with Crippen LogP contribution in [0.15, 0.2) is 30.3 Å². The highest BCUT2D eigenvalue weighted by atomic mass is 16.6. The van der Waals surface area contributed by atoms with Crippen molar-refractivity contribution in [3.8, 4) is 11.5 Å². The van der Waals surface area contributed by atoms with Crippen molar-refractivity contribution in [3.63, 3.8) is 0 Å². The minimum atomic E-state index is -0.639. The van der Waals surface area contributed by atoms with Gasteiger partial charge in [0.25, 0.3) is 0 Å². The van der Waals surface area contributed by atoms with Crippen LogP contribution in [-0.4, -0.2) is 23.8 Å². The van der Waals surface area contributed by atoms with E-state index in [9.17, 15) is 9.90 Å². The molecule has 2 N–H and O–H groups in total. The summed E-state index contributed by atoms with van der Waals surface area (Å²) >= 11 is 0. The number of anilines is 1. The first-order valence-corrected chi connectivity index (χ1v) is 10.8. The van der Waals surface area contributed by atoms with Gasteiger partial charge in [-0.3, -0.25) is 0 Å². The molecule has 0 aromatic heterocycles. The molecule has 30 heavy (non-hydrogen) atoms. The third-order valence-corrected chi connectivity index (χ3v) is 5.57. The van der Waals surface area contributed by atoms with Crippen LogP contribution in [0.4, 0.5) is 5.69 Å². The number of phenols is 1. The summed E-state index contributed by atoms with van der Waals surface area (Å²) in [6.07, 6.45) is 5.15. The van der Waals surface area contributed by atoms with E-state index in [4.69, 9.17) is 9.47 Å². The SMILES string of the molecule is COc1c(NCc2cc(C3CC3)cc(C3CC3)c2)ccc(C(=O)OC(C)(C)C)c1O. The zero-order valence-corrected chi connectivity index (χ0v) is 18.2. The van der Waals surface area contributed by atoms with Gasteiger partial charge in [-0.05, 0) is 87.1 Å². The minimum absolute atomic E-state index is 0.0964. The van der Waals surface area contributed by atoms with Crippen molar-refractivity contribution in [3.05, 3.63) is 52.6 Å². The van der Waals surface area contributed by atoms with Crippen LogP contribution in [0, 0.1) is 0 Å². The predicted molar refractivity (Wildman–Crippen MR) is 118 cm³/mol. The van der Waals surface area contributed by atoms with Gasteiger partial charge in [0, 0.05) is 6.54 Å². The molecular weight excluding hydrogens is 378 g/mol. The number of carbonyl (C=O) groups is 1. The molecule has 5 heteroatoms. The molecule has 0 spiro atoms. The van der Waals surface area contributed by atoms with Gasteiger partial charge in [-0.1, -0.05) is 18.2 Å². The number of phenolic OH excluding ortho intramolecular Hbond substituents is 1. The zero-order valence-electron chi connectivity index (χ0n) is 18.2. The van der Waals surface area contributed by atoms with E-state index in [2.05, 4.69) is 23.5 Å². The molecule has 4 rings (SSSR count).